The van der Waals surface area contributed by atoms with Crippen molar-refractivity contribution in [3.05, 3.63) is 54.2 Å². The second-order valence-corrected chi connectivity index (χ2v) is 7.26. The van der Waals surface area contributed by atoms with Gasteiger partial charge in [-0.1, -0.05) is 0 Å². The number of rotatable bonds is 4. The average molecular weight is 392 g/mol. The highest BCUT2D eigenvalue weighted by atomic mass is 16.2. The fourth-order valence-corrected chi connectivity index (χ4v) is 3.36. The first kappa shape index (κ1) is 18.9. The molecule has 0 unspecified atom stereocenters. The minimum Gasteiger partial charge on any atom is -0.354 e. The molecule has 4 rings (SSSR count). The zero-order chi connectivity index (χ0) is 20.5. The fourth-order valence-electron chi connectivity index (χ4n) is 3.36. The van der Waals surface area contributed by atoms with Gasteiger partial charge in [0.15, 0.2) is 5.69 Å². The zero-order valence-electron chi connectivity index (χ0n) is 16.9. The molecule has 1 aliphatic heterocycles. The van der Waals surface area contributed by atoms with Gasteiger partial charge in [-0.2, -0.15) is 5.10 Å². The summed E-state index contributed by atoms with van der Waals surface area (Å²) in [5.41, 5.74) is 3.79. The van der Waals surface area contributed by atoms with E-state index in [1.807, 2.05) is 37.5 Å². The van der Waals surface area contributed by atoms with Crippen LogP contribution >= 0.6 is 0 Å². The Bertz CT molecular complexity index is 1050. The molecule has 8 heteroatoms. The first-order chi connectivity index (χ1) is 14.0. The molecule has 0 spiro atoms. The quantitative estimate of drug-likeness (QED) is 0.680. The van der Waals surface area contributed by atoms with E-state index in [4.69, 9.17) is 0 Å². The first-order valence-corrected chi connectivity index (χ1v) is 9.68. The van der Waals surface area contributed by atoms with Crippen molar-refractivity contribution in [2.75, 3.05) is 26.7 Å². The third-order valence-corrected chi connectivity index (χ3v) is 5.22. The SMILES string of the molecule is CCn1ccc(-c2cc(C(=O)N3CCN(C)C(=O)C3)nn2-c2ccc(C)nc2)c1. The van der Waals surface area contributed by atoms with Gasteiger partial charge in [0.2, 0.25) is 5.91 Å². The van der Waals surface area contributed by atoms with Crippen LogP contribution in [0.15, 0.2) is 42.9 Å². The third kappa shape index (κ3) is 3.65. The monoisotopic (exact) mass is 392 g/mol. The van der Waals surface area contributed by atoms with Gasteiger partial charge >= 0.3 is 0 Å². The highest BCUT2D eigenvalue weighted by Crippen LogP contribution is 2.25. The third-order valence-electron chi connectivity index (χ3n) is 5.22. The molecule has 0 aromatic carbocycles. The van der Waals surface area contributed by atoms with Crippen molar-refractivity contribution in [1.29, 1.82) is 0 Å². The smallest absolute Gasteiger partial charge is 0.274 e. The molecule has 0 aliphatic carbocycles. The lowest BCUT2D eigenvalue weighted by Crippen LogP contribution is -2.50. The summed E-state index contributed by atoms with van der Waals surface area (Å²) in [7, 11) is 1.75. The largest absolute Gasteiger partial charge is 0.354 e. The molecular weight excluding hydrogens is 368 g/mol. The normalized spacial score (nSPS) is 14.5. The van der Waals surface area contributed by atoms with Crippen molar-refractivity contribution < 1.29 is 9.59 Å². The van der Waals surface area contributed by atoms with Crippen LogP contribution in [-0.2, 0) is 11.3 Å². The number of hydrogen-bond acceptors (Lipinski definition) is 4. The van der Waals surface area contributed by atoms with Crippen molar-refractivity contribution >= 4 is 11.8 Å². The lowest BCUT2D eigenvalue weighted by Gasteiger charge is -2.31. The van der Waals surface area contributed by atoms with Gasteiger partial charge in [0.1, 0.15) is 6.54 Å². The summed E-state index contributed by atoms with van der Waals surface area (Å²) in [4.78, 5) is 32.6. The highest BCUT2D eigenvalue weighted by Gasteiger charge is 2.28. The Morgan fingerprint density at radius 1 is 1.21 bits per heavy atom. The van der Waals surface area contributed by atoms with Gasteiger partial charge in [0.05, 0.1) is 17.6 Å². The second-order valence-electron chi connectivity index (χ2n) is 7.26. The van der Waals surface area contributed by atoms with Gasteiger partial charge in [0.25, 0.3) is 5.91 Å². The number of amides is 2. The predicted octanol–water partition coefficient (Wildman–Crippen LogP) is 1.98. The summed E-state index contributed by atoms with van der Waals surface area (Å²) in [6, 6.07) is 7.65. The lowest BCUT2D eigenvalue weighted by atomic mass is 10.2. The van der Waals surface area contributed by atoms with E-state index < -0.39 is 0 Å². The minimum absolute atomic E-state index is 0.0630. The van der Waals surface area contributed by atoms with E-state index >= 15 is 0 Å². The van der Waals surface area contributed by atoms with Crippen molar-refractivity contribution in [2.45, 2.75) is 20.4 Å². The standard InChI is InChI=1S/C21H24N6O2/c1-4-25-8-7-16(13-25)19-11-18(21(29)26-10-9-24(3)20(28)14-26)23-27(19)17-6-5-15(2)22-12-17/h5-8,11-13H,4,9-10,14H2,1-3H3. The van der Waals surface area contributed by atoms with Crippen LogP contribution in [-0.4, -0.2) is 67.6 Å². The zero-order valence-corrected chi connectivity index (χ0v) is 16.9. The van der Waals surface area contributed by atoms with E-state index in [1.54, 1.807) is 33.8 Å². The Morgan fingerprint density at radius 3 is 2.69 bits per heavy atom. The van der Waals surface area contributed by atoms with E-state index in [-0.39, 0.29) is 18.4 Å². The molecule has 0 saturated carbocycles. The van der Waals surface area contributed by atoms with Crippen LogP contribution in [0, 0.1) is 6.92 Å². The molecule has 0 atom stereocenters. The Balaban J connectivity index is 1.74. The maximum Gasteiger partial charge on any atom is 0.274 e. The molecule has 29 heavy (non-hydrogen) atoms. The van der Waals surface area contributed by atoms with Gasteiger partial charge < -0.3 is 14.4 Å². The van der Waals surface area contributed by atoms with Gasteiger partial charge in [0, 0.05) is 50.3 Å². The number of hydrogen-bond donors (Lipinski definition) is 0. The molecule has 3 aromatic heterocycles. The van der Waals surface area contributed by atoms with Crippen molar-refractivity contribution in [3.63, 3.8) is 0 Å². The Hall–Kier alpha value is -3.42. The van der Waals surface area contributed by atoms with Crippen LogP contribution in [0.25, 0.3) is 16.9 Å². The second kappa shape index (κ2) is 7.54. The lowest BCUT2D eigenvalue weighted by molar-refractivity contribution is -0.133. The predicted molar refractivity (Wildman–Crippen MR) is 109 cm³/mol. The molecular formula is C21H24N6O2. The van der Waals surface area contributed by atoms with E-state index in [0.717, 1.165) is 29.2 Å². The van der Waals surface area contributed by atoms with E-state index in [9.17, 15) is 9.59 Å². The van der Waals surface area contributed by atoms with Crippen LogP contribution in [0.4, 0.5) is 0 Å². The molecule has 1 fully saturated rings. The van der Waals surface area contributed by atoms with E-state index in [2.05, 4.69) is 21.6 Å². The molecule has 8 nitrogen and oxygen atoms in total. The number of aromatic nitrogens is 4. The van der Waals surface area contributed by atoms with Crippen molar-refractivity contribution in [2.24, 2.45) is 0 Å². The molecule has 3 aromatic rings. The van der Waals surface area contributed by atoms with Gasteiger partial charge in [-0.15, -0.1) is 0 Å². The van der Waals surface area contributed by atoms with Crippen molar-refractivity contribution in [3.8, 4) is 16.9 Å². The maximum atomic E-state index is 13.1. The Kier molecular flexibility index (Phi) is 4.92. The summed E-state index contributed by atoms with van der Waals surface area (Å²) < 4.78 is 3.81. The first-order valence-electron chi connectivity index (χ1n) is 9.68. The van der Waals surface area contributed by atoms with Gasteiger partial charge in [-0.3, -0.25) is 14.6 Å². The fraction of sp³-hybridized carbons (Fsp3) is 0.333. The summed E-state index contributed by atoms with van der Waals surface area (Å²) in [6.45, 7) is 5.96. The summed E-state index contributed by atoms with van der Waals surface area (Å²) in [5.74, 6) is -0.298. The Labute approximate surface area is 169 Å². The molecule has 0 N–H and O–H groups in total. The van der Waals surface area contributed by atoms with Crippen molar-refractivity contribution in [1.82, 2.24) is 29.1 Å². The van der Waals surface area contributed by atoms with E-state index in [0.29, 0.717) is 18.8 Å². The summed E-state index contributed by atoms with van der Waals surface area (Å²) in [5, 5.41) is 4.59. The number of carbonyl (C=O) groups excluding carboxylic acids is 2. The molecule has 0 bridgehead atoms. The van der Waals surface area contributed by atoms with E-state index in [1.165, 1.54) is 0 Å². The van der Waals surface area contributed by atoms with Gasteiger partial charge in [-0.25, -0.2) is 4.68 Å². The molecule has 1 aliphatic rings. The van der Waals surface area contributed by atoms with Crippen LogP contribution in [0.1, 0.15) is 23.1 Å². The molecule has 4 heterocycles. The van der Waals surface area contributed by atoms with Crippen LogP contribution in [0.5, 0.6) is 0 Å². The molecule has 1 saturated heterocycles. The molecule has 0 radical (unpaired) electrons. The van der Waals surface area contributed by atoms with Crippen LogP contribution in [0.3, 0.4) is 0 Å². The highest BCUT2D eigenvalue weighted by molar-refractivity contribution is 5.96. The van der Waals surface area contributed by atoms with Crippen LogP contribution in [0.2, 0.25) is 0 Å². The number of nitrogens with zero attached hydrogens (tertiary/aromatic N) is 6. The van der Waals surface area contributed by atoms with Gasteiger partial charge in [-0.05, 0) is 38.1 Å². The molecule has 2 amide bonds. The number of piperazine rings is 1. The topological polar surface area (TPSA) is 76.3 Å². The number of pyridine rings is 1. The molecule has 150 valence electrons. The van der Waals surface area contributed by atoms with Crippen LogP contribution < -0.4 is 0 Å². The number of carbonyl (C=O) groups is 2. The number of likely N-dealkylation sites (N-methyl/N-ethyl adjacent to an activating group) is 1. The number of aryl methyl sites for hydroxylation is 2. The summed E-state index contributed by atoms with van der Waals surface area (Å²) >= 11 is 0. The Morgan fingerprint density at radius 2 is 2.03 bits per heavy atom. The minimum atomic E-state index is -0.235. The average Bonchev–Trinajstić information content (AvgIpc) is 3.37. The maximum absolute atomic E-state index is 13.1. The summed E-state index contributed by atoms with van der Waals surface area (Å²) in [6.07, 6.45) is 5.78.